The molecular weight excluding hydrogens is 304 g/mol. The fourth-order valence-corrected chi connectivity index (χ4v) is 2.65. The quantitative estimate of drug-likeness (QED) is 0.914. The molecule has 0 unspecified atom stereocenters. The molecule has 112 valence electrons. The van der Waals surface area contributed by atoms with Crippen LogP contribution in [0.3, 0.4) is 0 Å². The second kappa shape index (κ2) is 5.69. The van der Waals surface area contributed by atoms with E-state index in [-0.39, 0.29) is 30.5 Å². The Morgan fingerprint density at radius 2 is 2.09 bits per heavy atom. The number of halogens is 1. The first-order valence-electron chi connectivity index (χ1n) is 6.70. The molecule has 1 aliphatic rings. The summed E-state index contributed by atoms with van der Waals surface area (Å²) in [7, 11) is 0. The van der Waals surface area contributed by atoms with Crippen LogP contribution in [-0.4, -0.2) is 23.5 Å². The largest absolute Gasteiger partial charge is 0.508 e. The number of fused-ring (bicyclic) bond motifs is 1. The van der Waals surface area contributed by atoms with E-state index in [0.29, 0.717) is 16.4 Å². The first-order valence-corrected chi connectivity index (χ1v) is 7.08. The van der Waals surface area contributed by atoms with Crippen molar-refractivity contribution >= 4 is 34.8 Å². The molecule has 22 heavy (non-hydrogen) atoms. The van der Waals surface area contributed by atoms with Gasteiger partial charge in [-0.05, 0) is 35.9 Å². The molecule has 2 aromatic rings. The maximum absolute atomic E-state index is 12.1. The van der Waals surface area contributed by atoms with Crippen LogP contribution in [0, 0.1) is 0 Å². The van der Waals surface area contributed by atoms with Gasteiger partial charge in [0.2, 0.25) is 11.8 Å². The number of benzene rings is 2. The Morgan fingerprint density at radius 3 is 2.86 bits per heavy atom. The van der Waals surface area contributed by atoms with E-state index in [1.165, 1.54) is 17.0 Å². The number of phenols is 1. The SMILES string of the molecule is O=C(CN1C(=O)Cc2cc(Cl)ccc21)Nc1cccc(O)c1. The molecule has 0 saturated heterocycles. The average molecular weight is 317 g/mol. The molecule has 0 bridgehead atoms. The lowest BCUT2D eigenvalue weighted by Crippen LogP contribution is -2.35. The molecule has 2 amide bonds. The first-order chi connectivity index (χ1) is 10.5. The van der Waals surface area contributed by atoms with E-state index < -0.39 is 0 Å². The number of nitrogens with one attached hydrogen (secondary N) is 1. The van der Waals surface area contributed by atoms with E-state index in [1.807, 2.05) is 0 Å². The normalized spacial score (nSPS) is 13.1. The number of nitrogens with zero attached hydrogens (tertiary/aromatic N) is 1. The van der Waals surface area contributed by atoms with Gasteiger partial charge in [-0.15, -0.1) is 0 Å². The third-order valence-electron chi connectivity index (χ3n) is 3.41. The second-order valence-corrected chi connectivity index (χ2v) is 5.46. The molecule has 2 aromatic carbocycles. The van der Waals surface area contributed by atoms with Crippen molar-refractivity contribution in [3.05, 3.63) is 53.1 Å². The van der Waals surface area contributed by atoms with Gasteiger partial charge in [-0.2, -0.15) is 0 Å². The Balaban J connectivity index is 1.73. The van der Waals surface area contributed by atoms with Crippen LogP contribution in [0.1, 0.15) is 5.56 Å². The fraction of sp³-hybridized carbons (Fsp3) is 0.125. The zero-order valence-electron chi connectivity index (χ0n) is 11.5. The van der Waals surface area contributed by atoms with Crippen LogP contribution in [-0.2, 0) is 16.0 Å². The monoisotopic (exact) mass is 316 g/mol. The maximum Gasteiger partial charge on any atom is 0.244 e. The number of amides is 2. The summed E-state index contributed by atoms with van der Waals surface area (Å²) in [5, 5.41) is 12.6. The van der Waals surface area contributed by atoms with Crippen molar-refractivity contribution in [1.82, 2.24) is 0 Å². The third kappa shape index (κ3) is 2.89. The summed E-state index contributed by atoms with van der Waals surface area (Å²) in [6.45, 7) is -0.0802. The number of carbonyl (C=O) groups excluding carboxylic acids is 2. The van der Waals surface area contributed by atoms with Gasteiger partial charge in [0, 0.05) is 22.5 Å². The minimum absolute atomic E-state index is 0.0648. The summed E-state index contributed by atoms with van der Waals surface area (Å²) in [5.41, 5.74) is 2.01. The molecule has 0 radical (unpaired) electrons. The van der Waals surface area contributed by atoms with Gasteiger partial charge in [0.1, 0.15) is 12.3 Å². The van der Waals surface area contributed by atoms with Gasteiger partial charge in [0.05, 0.1) is 6.42 Å². The fourth-order valence-electron chi connectivity index (χ4n) is 2.45. The second-order valence-electron chi connectivity index (χ2n) is 5.03. The van der Waals surface area contributed by atoms with Gasteiger partial charge >= 0.3 is 0 Å². The molecule has 5 nitrogen and oxygen atoms in total. The van der Waals surface area contributed by atoms with Crippen molar-refractivity contribution < 1.29 is 14.7 Å². The molecule has 0 aromatic heterocycles. The molecule has 3 rings (SSSR count). The lowest BCUT2D eigenvalue weighted by atomic mass is 10.2. The van der Waals surface area contributed by atoms with Gasteiger partial charge in [0.15, 0.2) is 0 Å². The number of carbonyl (C=O) groups is 2. The lowest BCUT2D eigenvalue weighted by Gasteiger charge is -2.17. The predicted molar refractivity (Wildman–Crippen MR) is 84.2 cm³/mol. The molecular formula is C16H13ClN2O3. The van der Waals surface area contributed by atoms with Crippen molar-refractivity contribution in [3.63, 3.8) is 0 Å². The van der Waals surface area contributed by atoms with Crippen molar-refractivity contribution in [2.24, 2.45) is 0 Å². The highest BCUT2D eigenvalue weighted by Crippen LogP contribution is 2.31. The van der Waals surface area contributed by atoms with Crippen LogP contribution in [0.25, 0.3) is 0 Å². The van der Waals surface area contributed by atoms with Crippen molar-refractivity contribution in [3.8, 4) is 5.75 Å². The smallest absolute Gasteiger partial charge is 0.244 e. The lowest BCUT2D eigenvalue weighted by molar-refractivity contribution is -0.120. The van der Waals surface area contributed by atoms with Crippen molar-refractivity contribution in [2.75, 3.05) is 16.8 Å². The Kier molecular flexibility index (Phi) is 3.73. The van der Waals surface area contributed by atoms with Gasteiger partial charge in [-0.1, -0.05) is 17.7 Å². The van der Waals surface area contributed by atoms with Crippen LogP contribution < -0.4 is 10.2 Å². The average Bonchev–Trinajstić information content (AvgIpc) is 2.74. The van der Waals surface area contributed by atoms with Gasteiger partial charge < -0.3 is 15.3 Å². The van der Waals surface area contributed by atoms with Crippen molar-refractivity contribution in [2.45, 2.75) is 6.42 Å². The van der Waals surface area contributed by atoms with Gasteiger partial charge in [-0.25, -0.2) is 0 Å². The van der Waals surface area contributed by atoms with Gasteiger partial charge in [-0.3, -0.25) is 9.59 Å². The number of aromatic hydroxyl groups is 1. The predicted octanol–water partition coefficient (Wildman–Crippen LogP) is 2.57. The summed E-state index contributed by atoms with van der Waals surface area (Å²) in [4.78, 5) is 25.6. The van der Waals surface area contributed by atoms with Crippen LogP contribution in [0.4, 0.5) is 11.4 Å². The zero-order chi connectivity index (χ0) is 15.7. The van der Waals surface area contributed by atoms with E-state index in [4.69, 9.17) is 11.6 Å². The van der Waals surface area contributed by atoms with E-state index in [9.17, 15) is 14.7 Å². The molecule has 0 fully saturated rings. The molecule has 1 heterocycles. The summed E-state index contributed by atoms with van der Waals surface area (Å²) < 4.78 is 0. The Hall–Kier alpha value is -2.53. The summed E-state index contributed by atoms with van der Waals surface area (Å²) in [6.07, 6.45) is 0.245. The first kappa shape index (κ1) is 14.4. The number of hydrogen-bond acceptors (Lipinski definition) is 3. The van der Waals surface area contributed by atoms with Crippen LogP contribution in [0.15, 0.2) is 42.5 Å². The van der Waals surface area contributed by atoms with Crippen LogP contribution in [0.2, 0.25) is 5.02 Å². The van der Waals surface area contributed by atoms with Crippen LogP contribution in [0.5, 0.6) is 5.75 Å². The highest BCUT2D eigenvalue weighted by Gasteiger charge is 2.28. The van der Waals surface area contributed by atoms with E-state index in [0.717, 1.165) is 5.56 Å². The molecule has 0 atom stereocenters. The number of phenolic OH excluding ortho intramolecular Hbond substituents is 1. The standard InChI is InChI=1S/C16H13ClN2O3/c17-11-4-5-14-10(6-11)7-16(22)19(14)9-15(21)18-12-2-1-3-13(20)8-12/h1-6,8,20H,7,9H2,(H,18,21). The molecule has 0 aliphatic carbocycles. The number of anilines is 2. The van der Waals surface area contributed by atoms with Crippen LogP contribution >= 0.6 is 11.6 Å². The molecule has 0 spiro atoms. The van der Waals surface area contributed by atoms with E-state index >= 15 is 0 Å². The van der Waals surface area contributed by atoms with Gasteiger partial charge in [0.25, 0.3) is 0 Å². The molecule has 6 heteroatoms. The highest BCUT2D eigenvalue weighted by molar-refractivity contribution is 6.31. The third-order valence-corrected chi connectivity index (χ3v) is 3.64. The Morgan fingerprint density at radius 1 is 1.27 bits per heavy atom. The molecule has 0 saturated carbocycles. The minimum atomic E-state index is -0.332. The maximum atomic E-state index is 12.1. The minimum Gasteiger partial charge on any atom is -0.508 e. The zero-order valence-corrected chi connectivity index (χ0v) is 12.3. The Labute approximate surface area is 132 Å². The van der Waals surface area contributed by atoms with E-state index in [2.05, 4.69) is 5.32 Å². The van der Waals surface area contributed by atoms with E-state index in [1.54, 1.807) is 30.3 Å². The van der Waals surface area contributed by atoms with Crippen molar-refractivity contribution in [1.29, 1.82) is 0 Å². The summed E-state index contributed by atoms with van der Waals surface area (Å²) in [6, 6.07) is 11.4. The summed E-state index contributed by atoms with van der Waals surface area (Å²) in [5.74, 6) is -0.403. The molecule has 1 aliphatic heterocycles. The topological polar surface area (TPSA) is 69.6 Å². The summed E-state index contributed by atoms with van der Waals surface area (Å²) >= 11 is 5.91. The highest BCUT2D eigenvalue weighted by atomic mass is 35.5. The molecule has 2 N–H and O–H groups in total. The number of hydrogen-bond donors (Lipinski definition) is 2. The number of rotatable bonds is 3. The Bertz CT molecular complexity index is 761.